The van der Waals surface area contributed by atoms with Crippen molar-refractivity contribution in [2.75, 3.05) is 26.3 Å². The first-order valence-electron chi connectivity index (χ1n) is 7.27. The molecule has 2 saturated heterocycles. The number of carbonyl (C=O) groups is 1. The minimum Gasteiger partial charge on any atom is -0.381 e. The lowest BCUT2D eigenvalue weighted by molar-refractivity contribution is 0.0780. The van der Waals surface area contributed by atoms with Crippen LogP contribution in [0.3, 0.4) is 0 Å². The Labute approximate surface area is 128 Å². The number of aryl methyl sites for hydroxylation is 1. The largest absolute Gasteiger partial charge is 0.381 e. The van der Waals surface area contributed by atoms with E-state index in [0.29, 0.717) is 11.8 Å². The second-order valence-electron chi connectivity index (χ2n) is 5.94. The summed E-state index contributed by atoms with van der Waals surface area (Å²) in [5.74, 6) is 1.43. The first kappa shape index (κ1) is 14.1. The Balaban J connectivity index is 1.68. The number of likely N-dealkylation sites (tertiary alicyclic amines) is 1. The number of hydrogen-bond acceptors (Lipinski definition) is 2. The Morgan fingerprint density at radius 2 is 2.15 bits per heavy atom. The summed E-state index contributed by atoms with van der Waals surface area (Å²) in [5, 5.41) is 0. The fraction of sp³-hybridized carbons (Fsp3) is 0.562. The highest BCUT2D eigenvalue weighted by molar-refractivity contribution is 9.10. The van der Waals surface area contributed by atoms with Gasteiger partial charge in [-0.25, -0.2) is 0 Å². The first-order valence-corrected chi connectivity index (χ1v) is 8.07. The molecule has 3 nitrogen and oxygen atoms in total. The predicted molar refractivity (Wildman–Crippen MR) is 81.8 cm³/mol. The third-order valence-corrected chi connectivity index (χ3v) is 4.89. The van der Waals surface area contributed by atoms with Crippen molar-refractivity contribution in [1.82, 2.24) is 4.90 Å². The van der Waals surface area contributed by atoms with Gasteiger partial charge in [0.1, 0.15) is 0 Å². The first-order chi connectivity index (χ1) is 9.63. The summed E-state index contributed by atoms with van der Waals surface area (Å²) in [4.78, 5) is 14.6. The zero-order valence-electron chi connectivity index (χ0n) is 11.8. The van der Waals surface area contributed by atoms with Crippen LogP contribution in [-0.4, -0.2) is 37.1 Å². The Hall–Kier alpha value is -0.870. The van der Waals surface area contributed by atoms with Crippen LogP contribution in [0.25, 0.3) is 0 Å². The summed E-state index contributed by atoms with van der Waals surface area (Å²) >= 11 is 3.47. The normalized spacial score (nSPS) is 26.2. The molecule has 2 aliphatic heterocycles. The van der Waals surface area contributed by atoms with Gasteiger partial charge in [0, 0.05) is 36.3 Å². The number of amides is 1. The zero-order chi connectivity index (χ0) is 14.1. The van der Waals surface area contributed by atoms with Gasteiger partial charge in [-0.2, -0.15) is 0 Å². The second kappa shape index (κ2) is 5.86. The predicted octanol–water partition coefficient (Wildman–Crippen LogP) is 3.26. The lowest BCUT2D eigenvalue weighted by atomic mass is 9.91. The monoisotopic (exact) mass is 337 g/mol. The van der Waals surface area contributed by atoms with E-state index in [4.69, 9.17) is 4.74 Å². The van der Waals surface area contributed by atoms with Gasteiger partial charge in [-0.1, -0.05) is 15.9 Å². The number of benzene rings is 1. The third kappa shape index (κ3) is 2.91. The molecule has 2 heterocycles. The summed E-state index contributed by atoms with van der Waals surface area (Å²) in [6.07, 6.45) is 2.27. The van der Waals surface area contributed by atoms with Crippen molar-refractivity contribution in [3.8, 4) is 0 Å². The highest BCUT2D eigenvalue weighted by Gasteiger charge is 2.34. The minimum atomic E-state index is 0.163. The Bertz CT molecular complexity index is 491. The molecular weight excluding hydrogens is 318 g/mol. The summed E-state index contributed by atoms with van der Waals surface area (Å²) < 4.78 is 6.44. The fourth-order valence-corrected chi connectivity index (χ4v) is 3.93. The number of nitrogens with zero attached hydrogens (tertiary/aromatic N) is 1. The van der Waals surface area contributed by atoms with Gasteiger partial charge in [-0.15, -0.1) is 0 Å². The number of carbonyl (C=O) groups excluding carboxylic acids is 1. The molecule has 0 unspecified atom stereocenters. The van der Waals surface area contributed by atoms with Gasteiger partial charge in [-0.05, 0) is 55.4 Å². The highest BCUT2D eigenvalue weighted by Crippen LogP contribution is 2.31. The van der Waals surface area contributed by atoms with Crippen LogP contribution in [0.4, 0.5) is 0 Å². The maximum Gasteiger partial charge on any atom is 0.253 e. The number of hydrogen-bond donors (Lipinski definition) is 0. The SMILES string of the molecule is Cc1cc(Br)cc(C(=O)N2CC[C@H]([C@@H]3CCOC3)C2)c1. The molecule has 2 aliphatic rings. The van der Waals surface area contributed by atoms with Crippen molar-refractivity contribution in [3.05, 3.63) is 33.8 Å². The van der Waals surface area contributed by atoms with E-state index in [9.17, 15) is 4.79 Å². The molecule has 0 aromatic heterocycles. The standard InChI is InChI=1S/C16H20BrNO2/c1-11-6-14(8-15(17)7-11)16(19)18-4-2-12(9-18)13-3-5-20-10-13/h6-8,12-13H,2-5,9-10H2,1H3/t12-,13+/m0/s1. The molecule has 0 radical (unpaired) electrons. The molecular formula is C16H20BrNO2. The van der Waals surface area contributed by atoms with Gasteiger partial charge in [0.2, 0.25) is 0 Å². The molecule has 20 heavy (non-hydrogen) atoms. The smallest absolute Gasteiger partial charge is 0.253 e. The van der Waals surface area contributed by atoms with Gasteiger partial charge >= 0.3 is 0 Å². The molecule has 1 aromatic rings. The van der Waals surface area contributed by atoms with Crippen molar-refractivity contribution in [2.24, 2.45) is 11.8 Å². The van der Waals surface area contributed by atoms with E-state index >= 15 is 0 Å². The van der Waals surface area contributed by atoms with Crippen LogP contribution in [0.15, 0.2) is 22.7 Å². The minimum absolute atomic E-state index is 0.163. The molecule has 2 atom stereocenters. The summed E-state index contributed by atoms with van der Waals surface area (Å²) in [6.45, 7) is 5.55. The topological polar surface area (TPSA) is 29.5 Å². The van der Waals surface area contributed by atoms with Crippen LogP contribution in [-0.2, 0) is 4.74 Å². The van der Waals surface area contributed by atoms with Crippen LogP contribution < -0.4 is 0 Å². The van der Waals surface area contributed by atoms with Gasteiger partial charge in [-0.3, -0.25) is 4.79 Å². The Morgan fingerprint density at radius 1 is 1.30 bits per heavy atom. The Kier molecular flexibility index (Phi) is 4.13. The molecule has 4 heteroatoms. The van der Waals surface area contributed by atoms with Crippen LogP contribution in [0.1, 0.15) is 28.8 Å². The van der Waals surface area contributed by atoms with Crippen molar-refractivity contribution >= 4 is 21.8 Å². The van der Waals surface area contributed by atoms with Crippen LogP contribution in [0, 0.1) is 18.8 Å². The average Bonchev–Trinajstić information content (AvgIpc) is 3.07. The fourth-order valence-electron chi connectivity index (χ4n) is 3.32. The molecule has 1 aromatic carbocycles. The van der Waals surface area contributed by atoms with Crippen molar-refractivity contribution in [2.45, 2.75) is 19.8 Å². The van der Waals surface area contributed by atoms with Crippen LogP contribution >= 0.6 is 15.9 Å². The van der Waals surface area contributed by atoms with E-state index in [2.05, 4.69) is 15.9 Å². The molecule has 1 amide bonds. The maximum absolute atomic E-state index is 12.6. The van der Waals surface area contributed by atoms with E-state index in [-0.39, 0.29) is 5.91 Å². The number of rotatable bonds is 2. The molecule has 0 saturated carbocycles. The van der Waals surface area contributed by atoms with Crippen LogP contribution in [0.2, 0.25) is 0 Å². The van der Waals surface area contributed by atoms with E-state index in [0.717, 1.165) is 54.7 Å². The van der Waals surface area contributed by atoms with Gasteiger partial charge < -0.3 is 9.64 Å². The molecule has 0 spiro atoms. The van der Waals surface area contributed by atoms with Crippen molar-refractivity contribution in [1.29, 1.82) is 0 Å². The molecule has 2 fully saturated rings. The van der Waals surface area contributed by atoms with Crippen molar-refractivity contribution < 1.29 is 9.53 Å². The summed E-state index contributed by atoms with van der Waals surface area (Å²) in [5.41, 5.74) is 1.91. The summed E-state index contributed by atoms with van der Waals surface area (Å²) in [7, 11) is 0. The Morgan fingerprint density at radius 3 is 2.85 bits per heavy atom. The van der Waals surface area contributed by atoms with E-state index in [1.165, 1.54) is 0 Å². The highest BCUT2D eigenvalue weighted by atomic mass is 79.9. The zero-order valence-corrected chi connectivity index (χ0v) is 13.4. The third-order valence-electron chi connectivity index (χ3n) is 4.43. The van der Waals surface area contributed by atoms with E-state index < -0.39 is 0 Å². The molecule has 0 bridgehead atoms. The number of halogens is 1. The van der Waals surface area contributed by atoms with Gasteiger partial charge in [0.25, 0.3) is 5.91 Å². The lowest BCUT2D eigenvalue weighted by Crippen LogP contribution is -2.30. The van der Waals surface area contributed by atoms with Crippen molar-refractivity contribution in [3.63, 3.8) is 0 Å². The second-order valence-corrected chi connectivity index (χ2v) is 6.86. The van der Waals surface area contributed by atoms with E-state index in [1.54, 1.807) is 0 Å². The molecule has 108 valence electrons. The maximum atomic E-state index is 12.6. The lowest BCUT2D eigenvalue weighted by Gasteiger charge is -2.19. The van der Waals surface area contributed by atoms with Crippen LogP contribution in [0.5, 0.6) is 0 Å². The molecule has 3 rings (SSSR count). The molecule has 0 N–H and O–H groups in total. The van der Waals surface area contributed by atoms with E-state index in [1.807, 2.05) is 30.0 Å². The summed E-state index contributed by atoms with van der Waals surface area (Å²) in [6, 6.07) is 5.92. The average molecular weight is 338 g/mol. The molecule has 0 aliphatic carbocycles. The van der Waals surface area contributed by atoms with Gasteiger partial charge in [0.15, 0.2) is 0 Å². The number of ether oxygens (including phenoxy) is 1. The van der Waals surface area contributed by atoms with Gasteiger partial charge in [0.05, 0.1) is 0 Å². The quantitative estimate of drug-likeness (QED) is 0.828.